The van der Waals surface area contributed by atoms with E-state index in [2.05, 4.69) is 20.9 Å². The first-order chi connectivity index (χ1) is 13.2. The van der Waals surface area contributed by atoms with Crippen molar-refractivity contribution in [3.05, 3.63) is 82.1 Å². The van der Waals surface area contributed by atoms with E-state index in [0.29, 0.717) is 13.1 Å². The number of aromatic nitrogens is 1. The van der Waals surface area contributed by atoms with Crippen molar-refractivity contribution >= 4 is 17.2 Å². The van der Waals surface area contributed by atoms with Gasteiger partial charge < -0.3 is 9.47 Å². The SMILES string of the molecule is O=C1c2cccn2[C@H]2CN(Cc3cccc(F)c3)C[C@H]2N1Cc1cccs1. The second-order valence-electron chi connectivity index (χ2n) is 7.27. The Morgan fingerprint density at radius 3 is 2.74 bits per heavy atom. The molecule has 0 radical (unpaired) electrons. The van der Waals surface area contributed by atoms with Gasteiger partial charge in [0.25, 0.3) is 5.91 Å². The number of nitrogens with zero attached hydrogens (tertiary/aromatic N) is 3. The van der Waals surface area contributed by atoms with Gasteiger partial charge in [-0.2, -0.15) is 0 Å². The summed E-state index contributed by atoms with van der Waals surface area (Å²) in [5.41, 5.74) is 1.73. The molecule has 1 aromatic carbocycles. The van der Waals surface area contributed by atoms with Crippen LogP contribution in [0.1, 0.15) is 27.0 Å². The molecule has 0 spiro atoms. The number of benzene rings is 1. The van der Waals surface area contributed by atoms with Crippen molar-refractivity contribution in [2.75, 3.05) is 13.1 Å². The Labute approximate surface area is 161 Å². The number of hydrogen-bond donors (Lipinski definition) is 0. The Balaban J connectivity index is 1.43. The van der Waals surface area contributed by atoms with Crippen molar-refractivity contribution in [3.63, 3.8) is 0 Å². The topological polar surface area (TPSA) is 28.5 Å². The maximum Gasteiger partial charge on any atom is 0.271 e. The molecular formula is C21H20FN3OS. The molecule has 6 heteroatoms. The third kappa shape index (κ3) is 2.99. The van der Waals surface area contributed by atoms with Crippen LogP contribution in [0.3, 0.4) is 0 Å². The van der Waals surface area contributed by atoms with E-state index in [0.717, 1.165) is 24.3 Å². The monoisotopic (exact) mass is 381 g/mol. The molecule has 2 aliphatic rings. The highest BCUT2D eigenvalue weighted by molar-refractivity contribution is 7.09. The molecule has 3 aromatic rings. The van der Waals surface area contributed by atoms with Gasteiger partial charge in [0.15, 0.2) is 0 Å². The van der Waals surface area contributed by atoms with Crippen molar-refractivity contribution < 1.29 is 9.18 Å². The van der Waals surface area contributed by atoms with E-state index < -0.39 is 0 Å². The molecule has 1 saturated heterocycles. The summed E-state index contributed by atoms with van der Waals surface area (Å²) in [5, 5.41) is 2.05. The zero-order chi connectivity index (χ0) is 18.4. The minimum atomic E-state index is -0.202. The molecule has 0 aliphatic carbocycles. The molecule has 2 atom stereocenters. The maximum atomic E-state index is 13.5. The predicted molar refractivity (Wildman–Crippen MR) is 103 cm³/mol. The van der Waals surface area contributed by atoms with Crippen LogP contribution in [0.15, 0.2) is 60.1 Å². The molecule has 5 rings (SSSR count). The van der Waals surface area contributed by atoms with Gasteiger partial charge in [-0.05, 0) is 41.3 Å². The molecule has 138 valence electrons. The average Bonchev–Trinajstić information content (AvgIpc) is 3.38. The molecule has 0 unspecified atom stereocenters. The number of hydrogen-bond acceptors (Lipinski definition) is 3. The Hall–Kier alpha value is -2.44. The zero-order valence-electron chi connectivity index (χ0n) is 14.8. The first kappa shape index (κ1) is 16.7. The lowest BCUT2D eigenvalue weighted by Gasteiger charge is -2.38. The molecular weight excluding hydrogens is 361 g/mol. The highest BCUT2D eigenvalue weighted by Gasteiger charge is 2.44. The molecule has 2 aliphatic heterocycles. The standard InChI is InChI=1S/C21H20FN3OS/c22-16-5-1-4-15(10-16)11-23-13-19-20(14-23)25(12-17-6-3-9-27-17)21(26)18-7-2-8-24(18)19/h1-10,19-20H,11-14H2/t19-,20+/m0/s1. The Morgan fingerprint density at radius 1 is 1.04 bits per heavy atom. The number of amides is 1. The van der Waals surface area contributed by atoms with Crippen molar-refractivity contribution in [3.8, 4) is 0 Å². The van der Waals surface area contributed by atoms with Gasteiger partial charge in [-0.15, -0.1) is 11.3 Å². The highest BCUT2D eigenvalue weighted by Crippen LogP contribution is 2.35. The molecule has 0 N–H and O–H groups in total. The Kier molecular flexibility index (Phi) is 4.10. The van der Waals surface area contributed by atoms with Crippen LogP contribution in [0.25, 0.3) is 0 Å². The van der Waals surface area contributed by atoms with Gasteiger partial charge in [0.1, 0.15) is 11.5 Å². The third-order valence-electron chi connectivity index (χ3n) is 5.55. The van der Waals surface area contributed by atoms with Crippen LogP contribution in [0.4, 0.5) is 4.39 Å². The second kappa shape index (κ2) is 6.62. The first-order valence-corrected chi connectivity index (χ1v) is 10.0. The fourth-order valence-electron chi connectivity index (χ4n) is 4.37. The fraction of sp³-hybridized carbons (Fsp3) is 0.286. The predicted octanol–water partition coefficient (Wildman–Crippen LogP) is 3.77. The summed E-state index contributed by atoms with van der Waals surface area (Å²) in [6.07, 6.45) is 2.01. The van der Waals surface area contributed by atoms with Crippen molar-refractivity contribution in [2.24, 2.45) is 0 Å². The van der Waals surface area contributed by atoms with Gasteiger partial charge in [-0.1, -0.05) is 18.2 Å². The van der Waals surface area contributed by atoms with Gasteiger partial charge in [0.2, 0.25) is 0 Å². The maximum absolute atomic E-state index is 13.5. The summed E-state index contributed by atoms with van der Waals surface area (Å²) >= 11 is 1.69. The molecule has 4 heterocycles. The number of carbonyl (C=O) groups excluding carboxylic acids is 1. The lowest BCUT2D eigenvalue weighted by molar-refractivity contribution is 0.0559. The summed E-state index contributed by atoms with van der Waals surface area (Å²) in [6, 6.07) is 15.1. The molecule has 2 aromatic heterocycles. The number of likely N-dealkylation sites (tertiary alicyclic amines) is 1. The minimum absolute atomic E-state index is 0.0993. The molecule has 0 saturated carbocycles. The number of carbonyl (C=O) groups is 1. The summed E-state index contributed by atoms with van der Waals surface area (Å²) in [4.78, 5) is 18.7. The lowest BCUT2D eigenvalue weighted by atomic mass is 10.1. The van der Waals surface area contributed by atoms with E-state index in [4.69, 9.17) is 0 Å². The van der Waals surface area contributed by atoms with E-state index in [9.17, 15) is 9.18 Å². The van der Waals surface area contributed by atoms with E-state index in [1.165, 1.54) is 10.9 Å². The van der Waals surface area contributed by atoms with Crippen molar-refractivity contribution in [2.45, 2.75) is 25.2 Å². The van der Waals surface area contributed by atoms with Crippen LogP contribution in [0.5, 0.6) is 0 Å². The van der Waals surface area contributed by atoms with Gasteiger partial charge >= 0.3 is 0 Å². The largest absolute Gasteiger partial charge is 0.337 e. The zero-order valence-corrected chi connectivity index (χ0v) is 15.6. The van der Waals surface area contributed by atoms with Crippen LogP contribution in [0, 0.1) is 5.82 Å². The van der Waals surface area contributed by atoms with Crippen LogP contribution in [0.2, 0.25) is 0 Å². The minimum Gasteiger partial charge on any atom is -0.337 e. The van der Waals surface area contributed by atoms with Gasteiger partial charge in [-0.3, -0.25) is 9.69 Å². The molecule has 1 fully saturated rings. The average molecular weight is 381 g/mol. The summed E-state index contributed by atoms with van der Waals surface area (Å²) < 4.78 is 15.7. The summed E-state index contributed by atoms with van der Waals surface area (Å²) in [6.45, 7) is 3.01. The fourth-order valence-corrected chi connectivity index (χ4v) is 5.07. The smallest absolute Gasteiger partial charge is 0.271 e. The highest BCUT2D eigenvalue weighted by atomic mass is 32.1. The first-order valence-electron chi connectivity index (χ1n) is 9.16. The molecule has 4 nitrogen and oxygen atoms in total. The van der Waals surface area contributed by atoms with E-state index in [1.54, 1.807) is 23.5 Å². The van der Waals surface area contributed by atoms with Crippen LogP contribution in [-0.4, -0.2) is 39.4 Å². The van der Waals surface area contributed by atoms with Crippen molar-refractivity contribution in [1.82, 2.24) is 14.4 Å². The van der Waals surface area contributed by atoms with Crippen LogP contribution in [-0.2, 0) is 13.1 Å². The number of thiophene rings is 1. The van der Waals surface area contributed by atoms with Crippen LogP contribution >= 0.6 is 11.3 Å². The normalized spacial score (nSPS) is 22.1. The van der Waals surface area contributed by atoms with E-state index >= 15 is 0 Å². The van der Waals surface area contributed by atoms with E-state index in [1.807, 2.05) is 35.4 Å². The summed E-state index contributed by atoms with van der Waals surface area (Å²) in [7, 11) is 0. The third-order valence-corrected chi connectivity index (χ3v) is 6.41. The van der Waals surface area contributed by atoms with Crippen LogP contribution < -0.4 is 0 Å². The van der Waals surface area contributed by atoms with Gasteiger partial charge in [0, 0.05) is 30.7 Å². The Bertz CT molecular complexity index is 967. The quantitative estimate of drug-likeness (QED) is 0.688. The molecule has 1 amide bonds. The number of halogens is 1. The van der Waals surface area contributed by atoms with Gasteiger partial charge in [-0.25, -0.2) is 4.39 Å². The number of rotatable bonds is 4. The number of fused-ring (bicyclic) bond motifs is 3. The second-order valence-corrected chi connectivity index (χ2v) is 8.30. The lowest BCUT2D eigenvalue weighted by Crippen LogP contribution is -2.49. The Morgan fingerprint density at radius 2 is 1.93 bits per heavy atom. The van der Waals surface area contributed by atoms with E-state index in [-0.39, 0.29) is 23.8 Å². The molecule has 27 heavy (non-hydrogen) atoms. The van der Waals surface area contributed by atoms with Gasteiger partial charge in [0.05, 0.1) is 18.6 Å². The van der Waals surface area contributed by atoms with Crippen molar-refractivity contribution in [1.29, 1.82) is 0 Å². The summed E-state index contributed by atoms with van der Waals surface area (Å²) in [5.74, 6) is -0.103. The molecule has 0 bridgehead atoms.